The minimum atomic E-state index is -0.0841. The van der Waals surface area contributed by atoms with E-state index >= 15 is 0 Å². The second kappa shape index (κ2) is 7.90. The summed E-state index contributed by atoms with van der Waals surface area (Å²) in [5.74, 6) is 1.64. The van der Waals surface area contributed by atoms with E-state index < -0.39 is 0 Å². The molecule has 2 aromatic heterocycles. The molecule has 0 radical (unpaired) electrons. The zero-order chi connectivity index (χ0) is 19.5. The molecule has 0 aliphatic carbocycles. The number of furan rings is 1. The van der Waals surface area contributed by atoms with E-state index in [0.717, 1.165) is 11.3 Å². The van der Waals surface area contributed by atoms with Crippen LogP contribution in [0.5, 0.6) is 0 Å². The fraction of sp³-hybridized carbons (Fsp3) is 0.250. The molecule has 8 heteroatoms. The maximum Gasteiger partial charge on any atom is 0.289 e. The average molecular weight is 398 g/mol. The Morgan fingerprint density at radius 2 is 2.00 bits per heavy atom. The first-order valence-corrected chi connectivity index (χ1v) is 9.42. The molecule has 7 nitrogen and oxygen atoms in total. The summed E-state index contributed by atoms with van der Waals surface area (Å²) in [6.45, 7) is 4.50. The number of aryl methyl sites for hydroxylation is 1. The quantitative estimate of drug-likeness (QED) is 0.722. The van der Waals surface area contributed by atoms with E-state index in [2.05, 4.69) is 20.2 Å². The maximum atomic E-state index is 12.4. The number of hydrogen-bond donors (Lipinski definition) is 1. The van der Waals surface area contributed by atoms with Gasteiger partial charge in [-0.2, -0.15) is 4.98 Å². The minimum absolute atomic E-state index is 0.0841. The zero-order valence-electron chi connectivity index (χ0n) is 15.4. The van der Waals surface area contributed by atoms with E-state index in [0.29, 0.717) is 48.7 Å². The van der Waals surface area contributed by atoms with Gasteiger partial charge in [0.15, 0.2) is 5.76 Å². The predicted molar refractivity (Wildman–Crippen MR) is 108 cm³/mol. The van der Waals surface area contributed by atoms with Crippen molar-refractivity contribution in [2.75, 3.05) is 36.4 Å². The van der Waals surface area contributed by atoms with Crippen molar-refractivity contribution in [3.63, 3.8) is 0 Å². The van der Waals surface area contributed by atoms with Crippen LogP contribution in [0.15, 0.2) is 53.3 Å². The molecule has 1 aliphatic rings. The molecule has 0 spiro atoms. The highest BCUT2D eigenvalue weighted by Gasteiger charge is 2.24. The number of aromatic nitrogens is 2. The van der Waals surface area contributed by atoms with Crippen molar-refractivity contribution in [1.29, 1.82) is 0 Å². The Labute approximate surface area is 167 Å². The van der Waals surface area contributed by atoms with Gasteiger partial charge in [0, 0.05) is 43.1 Å². The molecule has 3 aromatic rings. The summed E-state index contributed by atoms with van der Waals surface area (Å²) >= 11 is 6.02. The number of piperazine rings is 1. The Morgan fingerprint density at radius 1 is 1.18 bits per heavy atom. The van der Waals surface area contributed by atoms with E-state index in [1.54, 1.807) is 23.2 Å². The first-order chi connectivity index (χ1) is 13.6. The van der Waals surface area contributed by atoms with Gasteiger partial charge in [-0.05, 0) is 48.9 Å². The Balaban J connectivity index is 1.42. The summed E-state index contributed by atoms with van der Waals surface area (Å²) in [5, 5.41) is 4.01. The molecular formula is C20H20ClN5O2. The molecule has 28 heavy (non-hydrogen) atoms. The highest BCUT2D eigenvalue weighted by Crippen LogP contribution is 2.23. The molecule has 144 valence electrons. The summed E-state index contributed by atoms with van der Waals surface area (Å²) in [5.41, 5.74) is 1.99. The van der Waals surface area contributed by atoms with Crippen LogP contribution < -0.4 is 10.2 Å². The van der Waals surface area contributed by atoms with Gasteiger partial charge in [-0.25, -0.2) is 4.98 Å². The van der Waals surface area contributed by atoms with Crippen LogP contribution >= 0.6 is 11.6 Å². The third-order valence-corrected chi connectivity index (χ3v) is 4.91. The number of hydrogen-bond acceptors (Lipinski definition) is 6. The lowest BCUT2D eigenvalue weighted by atomic mass is 10.2. The molecular weight excluding hydrogens is 378 g/mol. The summed E-state index contributed by atoms with van der Waals surface area (Å²) < 4.78 is 5.20. The minimum Gasteiger partial charge on any atom is -0.459 e. The largest absolute Gasteiger partial charge is 0.459 e. The number of benzene rings is 1. The van der Waals surface area contributed by atoms with Crippen molar-refractivity contribution >= 4 is 35.0 Å². The van der Waals surface area contributed by atoms with Crippen LogP contribution in [0.3, 0.4) is 0 Å². The molecule has 0 saturated carbocycles. The lowest BCUT2D eigenvalue weighted by molar-refractivity contribution is 0.0714. The smallest absolute Gasteiger partial charge is 0.289 e. The van der Waals surface area contributed by atoms with Gasteiger partial charge in [-0.3, -0.25) is 4.79 Å². The third-order valence-electron chi connectivity index (χ3n) is 4.68. The number of rotatable bonds is 4. The van der Waals surface area contributed by atoms with Crippen molar-refractivity contribution < 1.29 is 9.21 Å². The average Bonchev–Trinajstić information content (AvgIpc) is 3.25. The van der Waals surface area contributed by atoms with Gasteiger partial charge in [0.25, 0.3) is 5.91 Å². The molecule has 3 heterocycles. The van der Waals surface area contributed by atoms with Crippen molar-refractivity contribution in [3.8, 4) is 0 Å². The van der Waals surface area contributed by atoms with Gasteiger partial charge >= 0.3 is 0 Å². The molecule has 1 saturated heterocycles. The van der Waals surface area contributed by atoms with Gasteiger partial charge in [-0.15, -0.1) is 0 Å². The highest BCUT2D eigenvalue weighted by atomic mass is 35.5. The molecule has 0 bridgehead atoms. The van der Waals surface area contributed by atoms with Crippen LogP contribution in [0, 0.1) is 6.92 Å². The molecule has 0 unspecified atom stereocenters. The molecule has 1 aliphatic heterocycles. The van der Waals surface area contributed by atoms with Crippen LogP contribution in [0.2, 0.25) is 5.02 Å². The van der Waals surface area contributed by atoms with Crippen molar-refractivity contribution in [1.82, 2.24) is 14.9 Å². The first kappa shape index (κ1) is 18.3. The van der Waals surface area contributed by atoms with Gasteiger partial charge in [0.05, 0.1) is 6.26 Å². The molecule has 1 N–H and O–H groups in total. The Morgan fingerprint density at radius 3 is 2.71 bits per heavy atom. The number of nitrogens with one attached hydrogen (secondary N) is 1. The number of halogens is 1. The first-order valence-electron chi connectivity index (χ1n) is 9.04. The summed E-state index contributed by atoms with van der Waals surface area (Å²) in [6.07, 6.45) is 3.24. The number of amides is 1. The van der Waals surface area contributed by atoms with Crippen molar-refractivity contribution in [3.05, 3.63) is 65.2 Å². The Kier molecular flexibility index (Phi) is 5.16. The normalized spacial score (nSPS) is 14.2. The monoisotopic (exact) mass is 397 g/mol. The highest BCUT2D eigenvalue weighted by molar-refractivity contribution is 6.30. The van der Waals surface area contributed by atoms with Gasteiger partial charge < -0.3 is 19.5 Å². The molecule has 0 atom stereocenters. The second-order valence-corrected chi connectivity index (χ2v) is 7.02. The third kappa shape index (κ3) is 3.94. The fourth-order valence-electron chi connectivity index (χ4n) is 3.14. The number of carbonyl (C=O) groups is 1. The fourth-order valence-corrected chi connectivity index (χ4v) is 3.37. The van der Waals surface area contributed by atoms with Crippen molar-refractivity contribution in [2.45, 2.75) is 6.92 Å². The molecule has 1 fully saturated rings. The molecule has 1 amide bonds. The topological polar surface area (TPSA) is 74.5 Å². The van der Waals surface area contributed by atoms with Gasteiger partial charge in [0.1, 0.15) is 5.82 Å². The number of anilines is 3. The van der Waals surface area contributed by atoms with Crippen LogP contribution in [0.4, 0.5) is 17.5 Å². The van der Waals surface area contributed by atoms with Crippen LogP contribution in [0.1, 0.15) is 16.1 Å². The van der Waals surface area contributed by atoms with Crippen LogP contribution in [-0.2, 0) is 0 Å². The summed E-state index contributed by atoms with van der Waals surface area (Å²) in [4.78, 5) is 25.3. The summed E-state index contributed by atoms with van der Waals surface area (Å²) in [6, 6.07) is 10.9. The van der Waals surface area contributed by atoms with Crippen LogP contribution in [-0.4, -0.2) is 47.0 Å². The Hall–Kier alpha value is -3.06. The maximum absolute atomic E-state index is 12.4. The lowest BCUT2D eigenvalue weighted by Crippen LogP contribution is -2.49. The van der Waals surface area contributed by atoms with E-state index in [-0.39, 0.29) is 5.91 Å². The van der Waals surface area contributed by atoms with E-state index in [1.165, 1.54) is 6.26 Å². The van der Waals surface area contributed by atoms with E-state index in [9.17, 15) is 4.79 Å². The Bertz CT molecular complexity index is 968. The molecule has 1 aromatic carbocycles. The standard InChI is InChI=1S/C20H20ClN5O2/c1-14-13-15(21)4-5-16(14)23-18-6-7-22-20(24-18)26-10-8-25(9-11-26)19(27)17-3-2-12-28-17/h2-7,12-13H,8-11H2,1H3,(H,22,23,24). The van der Waals surface area contributed by atoms with Crippen molar-refractivity contribution in [2.24, 2.45) is 0 Å². The molecule has 4 rings (SSSR count). The van der Waals surface area contributed by atoms with Gasteiger partial charge in [-0.1, -0.05) is 11.6 Å². The zero-order valence-corrected chi connectivity index (χ0v) is 16.2. The SMILES string of the molecule is Cc1cc(Cl)ccc1Nc1ccnc(N2CCN(C(=O)c3ccco3)CC2)n1. The number of carbonyl (C=O) groups excluding carboxylic acids is 1. The lowest BCUT2D eigenvalue weighted by Gasteiger charge is -2.34. The van der Waals surface area contributed by atoms with Gasteiger partial charge in [0.2, 0.25) is 5.95 Å². The second-order valence-electron chi connectivity index (χ2n) is 6.58. The summed E-state index contributed by atoms with van der Waals surface area (Å²) in [7, 11) is 0. The number of nitrogens with zero attached hydrogens (tertiary/aromatic N) is 4. The predicted octanol–water partition coefficient (Wildman–Crippen LogP) is 3.74. The van der Waals surface area contributed by atoms with Crippen LogP contribution in [0.25, 0.3) is 0 Å². The van der Waals surface area contributed by atoms with E-state index in [4.69, 9.17) is 16.0 Å². The van der Waals surface area contributed by atoms with E-state index in [1.807, 2.05) is 31.2 Å².